The third-order valence-electron chi connectivity index (χ3n) is 6.19. The first-order chi connectivity index (χ1) is 8.09. The van der Waals surface area contributed by atoms with E-state index in [9.17, 15) is 0 Å². The molecule has 4 saturated carbocycles. The van der Waals surface area contributed by atoms with E-state index in [2.05, 4.69) is 13.8 Å². The normalized spacial score (nSPS) is 49.6. The summed E-state index contributed by atoms with van der Waals surface area (Å²) in [6.07, 6.45) is 11.8. The average molecular weight is 235 g/mol. The largest absolute Gasteiger partial charge is 0.330 e. The number of hydrogen-bond donors (Lipinski definition) is 1. The van der Waals surface area contributed by atoms with Crippen LogP contribution in [-0.4, -0.2) is 6.54 Å². The fourth-order valence-corrected chi connectivity index (χ4v) is 6.30. The van der Waals surface area contributed by atoms with E-state index in [1.807, 2.05) is 0 Å². The van der Waals surface area contributed by atoms with Crippen LogP contribution in [0.2, 0.25) is 0 Å². The molecule has 0 aliphatic heterocycles. The second-order valence-corrected chi connectivity index (χ2v) is 7.86. The van der Waals surface area contributed by atoms with Crippen molar-refractivity contribution in [1.29, 1.82) is 0 Å². The molecule has 0 aromatic rings. The van der Waals surface area contributed by atoms with Gasteiger partial charge in [-0.05, 0) is 80.1 Å². The fourth-order valence-electron chi connectivity index (χ4n) is 6.30. The molecule has 0 aromatic heterocycles. The van der Waals surface area contributed by atoms with Crippen molar-refractivity contribution in [2.24, 2.45) is 34.3 Å². The molecule has 3 unspecified atom stereocenters. The number of rotatable bonds is 4. The zero-order valence-corrected chi connectivity index (χ0v) is 11.7. The molecule has 0 spiro atoms. The van der Waals surface area contributed by atoms with Crippen LogP contribution in [0.15, 0.2) is 0 Å². The molecule has 2 N–H and O–H groups in total. The summed E-state index contributed by atoms with van der Waals surface area (Å²) < 4.78 is 0. The van der Waals surface area contributed by atoms with Gasteiger partial charge in [-0.2, -0.15) is 0 Å². The van der Waals surface area contributed by atoms with Crippen molar-refractivity contribution in [1.82, 2.24) is 0 Å². The second-order valence-electron chi connectivity index (χ2n) is 7.86. The van der Waals surface area contributed by atoms with Crippen LogP contribution in [0.1, 0.15) is 65.2 Å². The highest BCUT2D eigenvalue weighted by Crippen LogP contribution is 2.67. The Morgan fingerprint density at radius 3 is 2.29 bits per heavy atom. The Kier molecular flexibility index (Phi) is 2.81. The summed E-state index contributed by atoms with van der Waals surface area (Å²) in [5, 5.41) is 0. The van der Waals surface area contributed by atoms with Crippen molar-refractivity contribution in [2.45, 2.75) is 65.2 Å². The lowest BCUT2D eigenvalue weighted by Gasteiger charge is -2.63. The molecule has 0 radical (unpaired) electrons. The molecule has 4 aliphatic carbocycles. The van der Waals surface area contributed by atoms with Crippen LogP contribution in [0.25, 0.3) is 0 Å². The summed E-state index contributed by atoms with van der Waals surface area (Å²) in [7, 11) is 0. The summed E-state index contributed by atoms with van der Waals surface area (Å²) >= 11 is 0. The van der Waals surface area contributed by atoms with Crippen LogP contribution in [0, 0.1) is 28.6 Å². The van der Waals surface area contributed by atoms with Gasteiger partial charge in [0.1, 0.15) is 0 Å². The first kappa shape index (κ1) is 12.0. The van der Waals surface area contributed by atoms with E-state index in [1.165, 1.54) is 44.9 Å². The molecular weight excluding hydrogens is 206 g/mol. The van der Waals surface area contributed by atoms with Crippen LogP contribution in [-0.2, 0) is 0 Å². The van der Waals surface area contributed by atoms with E-state index in [4.69, 9.17) is 5.73 Å². The Balaban J connectivity index is 1.87. The van der Waals surface area contributed by atoms with E-state index in [0.29, 0.717) is 10.8 Å². The molecule has 1 heteroatoms. The molecule has 4 aliphatic rings. The van der Waals surface area contributed by atoms with Gasteiger partial charge in [0, 0.05) is 0 Å². The maximum Gasteiger partial charge on any atom is -0.00435 e. The first-order valence-electron chi connectivity index (χ1n) is 7.79. The highest BCUT2D eigenvalue weighted by molar-refractivity contribution is 5.08. The number of nitrogens with two attached hydrogens (primary N) is 1. The highest BCUT2D eigenvalue weighted by atomic mass is 14.7. The zero-order valence-electron chi connectivity index (χ0n) is 11.7. The van der Waals surface area contributed by atoms with E-state index >= 15 is 0 Å². The van der Waals surface area contributed by atoms with Crippen molar-refractivity contribution in [3.63, 3.8) is 0 Å². The second kappa shape index (κ2) is 3.98. The highest BCUT2D eigenvalue weighted by Gasteiger charge is 2.57. The van der Waals surface area contributed by atoms with Gasteiger partial charge in [0.15, 0.2) is 0 Å². The third-order valence-corrected chi connectivity index (χ3v) is 6.19. The van der Waals surface area contributed by atoms with Gasteiger partial charge < -0.3 is 5.73 Å². The molecule has 1 nitrogen and oxygen atoms in total. The summed E-state index contributed by atoms with van der Waals surface area (Å²) in [5.74, 6) is 2.91. The van der Waals surface area contributed by atoms with E-state index < -0.39 is 0 Å². The van der Waals surface area contributed by atoms with Crippen LogP contribution in [0.3, 0.4) is 0 Å². The summed E-state index contributed by atoms with van der Waals surface area (Å²) in [5.41, 5.74) is 7.47. The molecule has 0 saturated heterocycles. The van der Waals surface area contributed by atoms with E-state index in [0.717, 1.165) is 24.3 Å². The van der Waals surface area contributed by atoms with Crippen molar-refractivity contribution in [3.05, 3.63) is 0 Å². The Hall–Kier alpha value is -0.0400. The molecule has 4 bridgehead atoms. The molecule has 4 rings (SSSR count). The lowest BCUT2D eigenvalue weighted by Crippen LogP contribution is -2.54. The van der Waals surface area contributed by atoms with Crippen molar-refractivity contribution < 1.29 is 0 Å². The quantitative estimate of drug-likeness (QED) is 0.784. The lowest BCUT2D eigenvalue weighted by atomic mass is 9.42. The molecule has 17 heavy (non-hydrogen) atoms. The summed E-state index contributed by atoms with van der Waals surface area (Å²) in [6, 6.07) is 0. The van der Waals surface area contributed by atoms with Gasteiger partial charge >= 0.3 is 0 Å². The average Bonchev–Trinajstić information content (AvgIpc) is 2.22. The third kappa shape index (κ3) is 1.85. The minimum absolute atomic E-state index is 0.656. The predicted octanol–water partition coefficient (Wildman–Crippen LogP) is 3.97. The van der Waals surface area contributed by atoms with Gasteiger partial charge in [-0.1, -0.05) is 20.3 Å². The van der Waals surface area contributed by atoms with Crippen LogP contribution in [0.4, 0.5) is 0 Å². The molecular formula is C16H29N. The summed E-state index contributed by atoms with van der Waals surface area (Å²) in [4.78, 5) is 0. The van der Waals surface area contributed by atoms with Gasteiger partial charge in [-0.3, -0.25) is 0 Å². The predicted molar refractivity (Wildman–Crippen MR) is 72.7 cm³/mol. The molecule has 0 aromatic carbocycles. The Morgan fingerprint density at radius 1 is 1.18 bits per heavy atom. The smallest absolute Gasteiger partial charge is 0.00435 e. The van der Waals surface area contributed by atoms with Gasteiger partial charge in [0.05, 0.1) is 0 Å². The van der Waals surface area contributed by atoms with E-state index in [1.54, 1.807) is 6.42 Å². The molecule has 98 valence electrons. The maximum absolute atomic E-state index is 6.12. The minimum Gasteiger partial charge on any atom is -0.330 e. The maximum atomic E-state index is 6.12. The molecule has 0 amide bonds. The topological polar surface area (TPSA) is 26.0 Å². The van der Waals surface area contributed by atoms with Crippen molar-refractivity contribution in [3.8, 4) is 0 Å². The fraction of sp³-hybridized carbons (Fsp3) is 1.00. The molecule has 4 fully saturated rings. The standard InChI is InChI=1S/C16H29N/c1-3-4-14(10-17)16-8-12-5-13(9-16)7-15(2,6-12)11-16/h12-14H,3-11,17H2,1-2H3. The Bertz CT molecular complexity index is 282. The van der Waals surface area contributed by atoms with Gasteiger partial charge in [0.25, 0.3) is 0 Å². The first-order valence-corrected chi connectivity index (χ1v) is 7.79. The van der Waals surface area contributed by atoms with Crippen LogP contribution >= 0.6 is 0 Å². The van der Waals surface area contributed by atoms with Crippen LogP contribution < -0.4 is 5.73 Å². The van der Waals surface area contributed by atoms with E-state index in [-0.39, 0.29) is 0 Å². The van der Waals surface area contributed by atoms with Crippen LogP contribution in [0.5, 0.6) is 0 Å². The minimum atomic E-state index is 0.656. The zero-order chi connectivity index (χ0) is 12.1. The SMILES string of the molecule is CCCC(CN)C12CC3CC(CC(C)(C3)C1)C2. The summed E-state index contributed by atoms with van der Waals surface area (Å²) in [6.45, 7) is 5.83. The van der Waals surface area contributed by atoms with Crippen molar-refractivity contribution >= 4 is 0 Å². The lowest BCUT2D eigenvalue weighted by molar-refractivity contribution is -0.129. The molecule has 0 heterocycles. The van der Waals surface area contributed by atoms with Gasteiger partial charge in [-0.15, -0.1) is 0 Å². The van der Waals surface area contributed by atoms with Gasteiger partial charge in [-0.25, -0.2) is 0 Å². The molecule has 3 atom stereocenters. The monoisotopic (exact) mass is 235 g/mol. The van der Waals surface area contributed by atoms with Crippen molar-refractivity contribution in [2.75, 3.05) is 6.54 Å². The van der Waals surface area contributed by atoms with Gasteiger partial charge in [0.2, 0.25) is 0 Å². The Morgan fingerprint density at radius 2 is 1.82 bits per heavy atom. The Labute approximate surface area is 107 Å². The number of hydrogen-bond acceptors (Lipinski definition) is 1.